The van der Waals surface area contributed by atoms with E-state index < -0.39 is 0 Å². The lowest BCUT2D eigenvalue weighted by Crippen LogP contribution is -2.37. The van der Waals surface area contributed by atoms with Crippen LogP contribution in [0.15, 0.2) is 42.6 Å². The van der Waals surface area contributed by atoms with E-state index in [1.165, 1.54) is 47.5 Å². The third-order valence-electron chi connectivity index (χ3n) is 6.64. The van der Waals surface area contributed by atoms with Gasteiger partial charge in [-0.1, -0.05) is 30.2 Å². The third kappa shape index (κ3) is 4.45. The third-order valence-corrected chi connectivity index (χ3v) is 7.74. The fourth-order valence-corrected chi connectivity index (χ4v) is 6.01. The van der Waals surface area contributed by atoms with Gasteiger partial charge in [-0.05, 0) is 51.1 Å². The Morgan fingerprint density at radius 1 is 0.971 bits per heavy atom. The zero-order valence-corrected chi connectivity index (χ0v) is 20.4. The number of morpholine rings is 1. The van der Waals surface area contributed by atoms with Crippen LogP contribution in [0.2, 0.25) is 0 Å². The average Bonchev–Trinajstić information content (AvgIpc) is 3.52. The van der Waals surface area contributed by atoms with E-state index in [2.05, 4.69) is 47.1 Å². The Bertz CT molecular complexity index is 1290. The number of likely N-dealkylation sites (tertiary alicyclic amines) is 1. The smallest absolute Gasteiger partial charge is 0.253 e. The SMILES string of the molecule is Cc1cccc(-c2ccn(-c3nc(N4CCOCC4)c4sc(CN5CCCCC5)cc4n3)n2)c1. The normalized spacial score (nSPS) is 17.5. The number of fused-ring (bicyclic) bond motifs is 1. The summed E-state index contributed by atoms with van der Waals surface area (Å²) in [6, 6.07) is 12.7. The highest BCUT2D eigenvalue weighted by Gasteiger charge is 2.21. The first kappa shape index (κ1) is 21.7. The number of rotatable bonds is 5. The van der Waals surface area contributed by atoms with E-state index in [0.717, 1.165) is 55.4 Å². The van der Waals surface area contributed by atoms with Gasteiger partial charge in [-0.2, -0.15) is 10.1 Å². The summed E-state index contributed by atoms with van der Waals surface area (Å²) in [5.74, 6) is 1.63. The van der Waals surface area contributed by atoms with Crippen molar-refractivity contribution >= 4 is 27.4 Å². The van der Waals surface area contributed by atoms with Crippen molar-refractivity contribution in [1.82, 2.24) is 24.6 Å². The maximum absolute atomic E-state index is 5.61. The fraction of sp³-hybridized carbons (Fsp3) is 0.423. The molecule has 6 rings (SSSR count). The van der Waals surface area contributed by atoms with E-state index in [4.69, 9.17) is 19.8 Å². The molecule has 2 aliphatic heterocycles. The minimum Gasteiger partial charge on any atom is -0.378 e. The Balaban J connectivity index is 1.38. The molecule has 5 heterocycles. The molecule has 2 fully saturated rings. The number of ether oxygens (including phenoxy) is 1. The molecule has 0 aliphatic carbocycles. The maximum Gasteiger partial charge on any atom is 0.253 e. The Labute approximate surface area is 204 Å². The molecule has 0 spiro atoms. The Morgan fingerprint density at radius 3 is 2.65 bits per heavy atom. The van der Waals surface area contributed by atoms with Crippen molar-refractivity contribution in [2.45, 2.75) is 32.7 Å². The highest BCUT2D eigenvalue weighted by atomic mass is 32.1. The topological polar surface area (TPSA) is 59.3 Å². The molecule has 0 N–H and O–H groups in total. The number of hydrogen-bond acceptors (Lipinski definition) is 7. The number of anilines is 1. The second kappa shape index (κ2) is 9.44. The van der Waals surface area contributed by atoms with E-state index in [1.54, 1.807) is 0 Å². The van der Waals surface area contributed by atoms with Gasteiger partial charge in [0.2, 0.25) is 0 Å². The molecule has 0 atom stereocenters. The summed E-state index contributed by atoms with van der Waals surface area (Å²) in [5, 5.41) is 4.83. The molecule has 0 unspecified atom stereocenters. The van der Waals surface area contributed by atoms with Crippen molar-refractivity contribution in [3.8, 4) is 17.2 Å². The molecule has 0 amide bonds. The van der Waals surface area contributed by atoms with Gasteiger partial charge in [0, 0.05) is 36.3 Å². The molecule has 3 aromatic heterocycles. The number of benzene rings is 1. The van der Waals surface area contributed by atoms with E-state index in [0.29, 0.717) is 5.95 Å². The van der Waals surface area contributed by atoms with Crippen molar-refractivity contribution in [2.24, 2.45) is 0 Å². The molecule has 176 valence electrons. The summed E-state index contributed by atoms with van der Waals surface area (Å²) >= 11 is 1.84. The van der Waals surface area contributed by atoms with Gasteiger partial charge in [-0.3, -0.25) is 4.90 Å². The van der Waals surface area contributed by atoms with Gasteiger partial charge in [0.05, 0.1) is 29.1 Å². The second-order valence-corrected chi connectivity index (χ2v) is 10.4. The van der Waals surface area contributed by atoms with Crippen LogP contribution in [0.3, 0.4) is 0 Å². The van der Waals surface area contributed by atoms with Crippen LogP contribution in [0, 0.1) is 6.92 Å². The van der Waals surface area contributed by atoms with Crippen molar-refractivity contribution in [3.63, 3.8) is 0 Å². The predicted octanol–water partition coefficient (Wildman–Crippen LogP) is 4.67. The quantitative estimate of drug-likeness (QED) is 0.419. The van der Waals surface area contributed by atoms with Crippen LogP contribution >= 0.6 is 11.3 Å². The lowest BCUT2D eigenvalue weighted by atomic mass is 10.1. The molecule has 2 saturated heterocycles. The predicted molar refractivity (Wildman–Crippen MR) is 137 cm³/mol. The largest absolute Gasteiger partial charge is 0.378 e. The van der Waals surface area contributed by atoms with E-state index in [9.17, 15) is 0 Å². The lowest BCUT2D eigenvalue weighted by molar-refractivity contribution is 0.122. The molecule has 0 radical (unpaired) electrons. The highest BCUT2D eigenvalue weighted by molar-refractivity contribution is 7.19. The highest BCUT2D eigenvalue weighted by Crippen LogP contribution is 2.34. The first-order valence-corrected chi connectivity index (χ1v) is 13.0. The molecular formula is C26H30N6OS. The zero-order valence-electron chi connectivity index (χ0n) is 19.6. The summed E-state index contributed by atoms with van der Waals surface area (Å²) in [5.41, 5.74) is 4.26. The van der Waals surface area contributed by atoms with Crippen LogP contribution in [0.25, 0.3) is 27.4 Å². The molecule has 8 heteroatoms. The Morgan fingerprint density at radius 2 is 1.82 bits per heavy atom. The van der Waals surface area contributed by atoms with Gasteiger partial charge in [0.25, 0.3) is 5.95 Å². The van der Waals surface area contributed by atoms with Crippen LogP contribution in [0.4, 0.5) is 5.82 Å². The molecule has 34 heavy (non-hydrogen) atoms. The van der Waals surface area contributed by atoms with Crippen LogP contribution in [0.5, 0.6) is 0 Å². The van der Waals surface area contributed by atoms with Crippen LogP contribution in [-0.4, -0.2) is 64.0 Å². The number of piperidine rings is 1. The molecular weight excluding hydrogens is 444 g/mol. The van der Waals surface area contributed by atoms with Crippen LogP contribution in [0.1, 0.15) is 29.7 Å². The summed E-state index contributed by atoms with van der Waals surface area (Å²) in [4.78, 5) is 16.3. The van der Waals surface area contributed by atoms with Gasteiger partial charge >= 0.3 is 0 Å². The first-order valence-electron chi connectivity index (χ1n) is 12.2. The van der Waals surface area contributed by atoms with Gasteiger partial charge in [-0.25, -0.2) is 9.67 Å². The van der Waals surface area contributed by atoms with E-state index >= 15 is 0 Å². The molecule has 1 aromatic carbocycles. The van der Waals surface area contributed by atoms with E-state index in [1.807, 2.05) is 28.3 Å². The van der Waals surface area contributed by atoms with Crippen LogP contribution < -0.4 is 4.90 Å². The number of aryl methyl sites for hydroxylation is 1. The fourth-order valence-electron chi connectivity index (χ4n) is 4.85. The van der Waals surface area contributed by atoms with Crippen molar-refractivity contribution < 1.29 is 4.74 Å². The summed E-state index contributed by atoms with van der Waals surface area (Å²) < 4.78 is 8.59. The number of hydrogen-bond donors (Lipinski definition) is 0. The molecule has 2 aliphatic rings. The Hall–Kier alpha value is -2.81. The Kier molecular flexibility index (Phi) is 6.03. The van der Waals surface area contributed by atoms with Crippen LogP contribution in [-0.2, 0) is 11.3 Å². The van der Waals surface area contributed by atoms with Crippen molar-refractivity contribution in [1.29, 1.82) is 0 Å². The number of thiophene rings is 1. The monoisotopic (exact) mass is 474 g/mol. The van der Waals surface area contributed by atoms with Gasteiger partial charge < -0.3 is 9.64 Å². The minimum atomic E-state index is 0.621. The first-order chi connectivity index (χ1) is 16.7. The lowest BCUT2D eigenvalue weighted by Gasteiger charge is -2.28. The molecule has 7 nitrogen and oxygen atoms in total. The second-order valence-electron chi connectivity index (χ2n) is 9.23. The molecule has 0 saturated carbocycles. The average molecular weight is 475 g/mol. The molecule has 4 aromatic rings. The maximum atomic E-state index is 5.61. The van der Waals surface area contributed by atoms with Crippen molar-refractivity contribution in [2.75, 3.05) is 44.3 Å². The minimum absolute atomic E-state index is 0.621. The number of aromatic nitrogens is 4. The standard InChI is InChI=1S/C26H30N6OS/c1-19-6-5-7-20(16-19)22-8-11-32(29-22)26-27-23-17-21(18-30-9-3-2-4-10-30)34-24(23)25(28-26)31-12-14-33-15-13-31/h5-8,11,16-17H,2-4,9-10,12-15,18H2,1H3. The van der Waals surface area contributed by atoms with Gasteiger partial charge in [-0.15, -0.1) is 11.3 Å². The zero-order chi connectivity index (χ0) is 22.9. The van der Waals surface area contributed by atoms with E-state index in [-0.39, 0.29) is 0 Å². The van der Waals surface area contributed by atoms with Crippen molar-refractivity contribution in [3.05, 3.63) is 53.0 Å². The molecule has 0 bridgehead atoms. The van der Waals surface area contributed by atoms with Gasteiger partial charge in [0.15, 0.2) is 5.82 Å². The number of nitrogens with zero attached hydrogens (tertiary/aromatic N) is 6. The summed E-state index contributed by atoms with van der Waals surface area (Å²) in [6.07, 6.45) is 5.92. The van der Waals surface area contributed by atoms with Gasteiger partial charge in [0.1, 0.15) is 0 Å². The summed E-state index contributed by atoms with van der Waals surface area (Å²) in [7, 11) is 0. The summed E-state index contributed by atoms with van der Waals surface area (Å²) in [6.45, 7) is 8.63.